The van der Waals surface area contributed by atoms with E-state index in [-0.39, 0.29) is 18.3 Å². The smallest absolute Gasteiger partial charge is 0.220 e. The largest absolute Gasteiger partial charge is 0.395 e. The van der Waals surface area contributed by atoms with E-state index in [4.69, 9.17) is 12.2 Å². The highest BCUT2D eigenvalue weighted by Crippen LogP contribution is 2.32. The summed E-state index contributed by atoms with van der Waals surface area (Å²) >= 11 is 5.17. The van der Waals surface area contributed by atoms with Crippen molar-refractivity contribution in [1.82, 2.24) is 14.8 Å². The Labute approximate surface area is 143 Å². The van der Waals surface area contributed by atoms with Gasteiger partial charge in [-0.25, -0.2) is 14.1 Å². The number of benzene rings is 2. The number of aromatic amines is 1. The summed E-state index contributed by atoms with van der Waals surface area (Å²) in [4.78, 5) is 4.00. The van der Waals surface area contributed by atoms with Crippen LogP contribution >= 0.6 is 12.2 Å². The van der Waals surface area contributed by atoms with Crippen LogP contribution in [0.3, 0.4) is 0 Å². The highest BCUT2D eigenvalue weighted by Gasteiger charge is 2.18. The predicted molar refractivity (Wildman–Crippen MR) is 94.2 cm³/mol. The molecule has 3 aromatic rings. The average molecular weight is 341 g/mol. The van der Waals surface area contributed by atoms with Gasteiger partial charge in [0.1, 0.15) is 12.1 Å². The number of halogens is 1. The first-order valence-corrected chi connectivity index (χ1v) is 7.85. The molecule has 6 heteroatoms. The van der Waals surface area contributed by atoms with E-state index < -0.39 is 0 Å². The quantitative estimate of drug-likeness (QED) is 0.693. The third-order valence-corrected chi connectivity index (χ3v) is 4.09. The van der Waals surface area contributed by atoms with Crippen molar-refractivity contribution < 1.29 is 9.50 Å². The molecule has 1 unspecified atom stereocenters. The van der Waals surface area contributed by atoms with Gasteiger partial charge >= 0.3 is 0 Å². The Balaban J connectivity index is 2.13. The van der Waals surface area contributed by atoms with Crippen molar-refractivity contribution in [2.24, 2.45) is 0 Å². The molecule has 4 nitrogen and oxygen atoms in total. The van der Waals surface area contributed by atoms with Crippen LogP contribution in [0.1, 0.15) is 17.0 Å². The number of hydrogen-bond donors (Lipinski definition) is 2. The zero-order valence-corrected chi connectivity index (χ0v) is 13.6. The highest BCUT2D eigenvalue weighted by atomic mass is 32.1. The molecular weight excluding hydrogens is 325 g/mol. The summed E-state index contributed by atoms with van der Waals surface area (Å²) in [6.07, 6.45) is 3.32. The first-order chi connectivity index (χ1) is 11.7. The second kappa shape index (κ2) is 7.33. The van der Waals surface area contributed by atoms with Crippen LogP contribution in [0.2, 0.25) is 0 Å². The van der Waals surface area contributed by atoms with Crippen LogP contribution < -0.4 is 0 Å². The summed E-state index contributed by atoms with van der Waals surface area (Å²) < 4.78 is 15.2. The molecule has 2 aromatic carbocycles. The molecule has 3 rings (SSSR count). The van der Waals surface area contributed by atoms with Crippen LogP contribution in [0, 0.1) is 10.6 Å². The Bertz CT molecular complexity index is 884. The van der Waals surface area contributed by atoms with E-state index in [1.165, 1.54) is 18.5 Å². The van der Waals surface area contributed by atoms with Gasteiger partial charge in [0.05, 0.1) is 6.61 Å². The van der Waals surface area contributed by atoms with E-state index >= 15 is 0 Å². The van der Waals surface area contributed by atoms with Gasteiger partial charge in [0.2, 0.25) is 4.77 Å². The molecule has 0 fully saturated rings. The fourth-order valence-electron chi connectivity index (χ4n) is 2.57. The lowest BCUT2D eigenvalue weighted by atomic mass is 9.88. The van der Waals surface area contributed by atoms with E-state index in [1.807, 2.05) is 36.5 Å². The van der Waals surface area contributed by atoms with Gasteiger partial charge < -0.3 is 5.11 Å². The molecule has 0 spiro atoms. The van der Waals surface area contributed by atoms with Gasteiger partial charge in [0.25, 0.3) is 0 Å². The zero-order valence-electron chi connectivity index (χ0n) is 12.8. The van der Waals surface area contributed by atoms with Crippen molar-refractivity contribution in [2.45, 2.75) is 5.92 Å². The Morgan fingerprint density at radius 3 is 2.50 bits per heavy atom. The number of H-pyrrole nitrogens is 1. The maximum absolute atomic E-state index is 13.2. The number of hydrogen-bond acceptors (Lipinski definition) is 3. The number of nitrogens with zero attached hydrogens (tertiary/aromatic N) is 2. The number of nitrogens with one attached hydrogen (secondary N) is 1. The Hall–Kier alpha value is -2.57. The van der Waals surface area contributed by atoms with Crippen LogP contribution in [-0.2, 0) is 0 Å². The first-order valence-electron chi connectivity index (χ1n) is 7.44. The summed E-state index contributed by atoms with van der Waals surface area (Å²) in [7, 11) is 0. The van der Waals surface area contributed by atoms with Crippen LogP contribution in [0.5, 0.6) is 0 Å². The first kappa shape index (κ1) is 16.3. The second-order valence-electron chi connectivity index (χ2n) is 5.28. The van der Waals surface area contributed by atoms with Gasteiger partial charge in [-0.3, -0.25) is 5.10 Å². The van der Waals surface area contributed by atoms with E-state index in [9.17, 15) is 9.50 Å². The molecular formula is C18H16FN3OS. The highest BCUT2D eigenvalue weighted by molar-refractivity contribution is 7.71. The van der Waals surface area contributed by atoms with E-state index in [0.29, 0.717) is 4.77 Å². The molecule has 0 radical (unpaired) electrons. The lowest BCUT2D eigenvalue weighted by Crippen LogP contribution is -2.08. The predicted octanol–water partition coefficient (Wildman–Crippen LogP) is 3.85. The second-order valence-corrected chi connectivity index (χ2v) is 5.64. The molecule has 0 saturated carbocycles. The third-order valence-electron chi connectivity index (χ3n) is 3.78. The van der Waals surface area contributed by atoms with Gasteiger partial charge in [-0.15, -0.1) is 0 Å². The zero-order chi connectivity index (χ0) is 16.9. The minimum absolute atomic E-state index is 0.117. The molecule has 122 valence electrons. The third kappa shape index (κ3) is 3.50. The van der Waals surface area contributed by atoms with Gasteiger partial charge in [-0.05, 0) is 41.1 Å². The summed E-state index contributed by atoms with van der Waals surface area (Å²) in [5, 5.41) is 12.9. The summed E-state index contributed by atoms with van der Waals surface area (Å²) in [6, 6.07) is 15.8. The fourth-order valence-corrected chi connectivity index (χ4v) is 2.73. The van der Waals surface area contributed by atoms with Gasteiger partial charge in [-0.2, -0.15) is 0 Å². The summed E-state index contributed by atoms with van der Waals surface area (Å²) in [5.41, 5.74) is 2.61. The molecule has 1 atom stereocenters. The van der Waals surface area contributed by atoms with Crippen molar-refractivity contribution in [3.8, 4) is 0 Å². The topological polar surface area (TPSA) is 53.8 Å². The molecule has 0 aliphatic rings. The van der Waals surface area contributed by atoms with E-state index in [0.717, 1.165) is 16.7 Å². The van der Waals surface area contributed by atoms with Crippen molar-refractivity contribution in [3.05, 3.63) is 82.6 Å². The molecule has 1 heterocycles. The van der Waals surface area contributed by atoms with Gasteiger partial charge in [-0.1, -0.05) is 42.5 Å². The monoisotopic (exact) mass is 341 g/mol. The van der Waals surface area contributed by atoms with Gasteiger partial charge in [0.15, 0.2) is 0 Å². The standard InChI is InChI=1S/C18H16FN3OS/c19-15-8-6-14(7-9-15)17(11-23)16(13-4-2-1-3-5-13)10-22-18(24)20-12-21-22/h1-10,12,17,23H,11H2,(H,20,21,24). The minimum Gasteiger partial charge on any atom is -0.395 e. The van der Waals surface area contributed by atoms with Crippen LogP contribution in [0.25, 0.3) is 11.8 Å². The molecule has 1 aromatic heterocycles. The summed E-state index contributed by atoms with van der Waals surface area (Å²) in [5.74, 6) is -0.630. The molecule has 0 saturated heterocycles. The Morgan fingerprint density at radius 1 is 1.21 bits per heavy atom. The number of rotatable bonds is 5. The maximum atomic E-state index is 13.2. The van der Waals surface area contributed by atoms with Crippen molar-refractivity contribution >= 4 is 24.0 Å². The van der Waals surface area contributed by atoms with Crippen LogP contribution in [-0.4, -0.2) is 26.5 Å². The van der Waals surface area contributed by atoms with Crippen LogP contribution in [0.4, 0.5) is 4.39 Å². The van der Waals surface area contributed by atoms with Crippen LogP contribution in [0.15, 0.2) is 60.9 Å². The number of aromatic nitrogens is 3. The van der Waals surface area contributed by atoms with Crippen molar-refractivity contribution in [3.63, 3.8) is 0 Å². The van der Waals surface area contributed by atoms with Gasteiger partial charge in [0, 0.05) is 12.1 Å². The number of aliphatic hydroxyl groups excluding tert-OH is 1. The lowest BCUT2D eigenvalue weighted by molar-refractivity contribution is 0.286. The molecule has 0 aliphatic carbocycles. The lowest BCUT2D eigenvalue weighted by Gasteiger charge is -2.19. The Morgan fingerprint density at radius 2 is 1.92 bits per heavy atom. The van der Waals surface area contributed by atoms with E-state index in [1.54, 1.807) is 16.8 Å². The van der Waals surface area contributed by atoms with Crippen molar-refractivity contribution in [2.75, 3.05) is 6.61 Å². The maximum Gasteiger partial charge on any atom is 0.220 e. The van der Waals surface area contributed by atoms with E-state index in [2.05, 4.69) is 10.1 Å². The molecule has 0 aliphatic heterocycles. The SMILES string of the molecule is OCC(C(=Cn1[nH]cnc1=S)c1ccccc1)c1ccc(F)cc1. The Kier molecular flexibility index (Phi) is 4.98. The molecule has 0 amide bonds. The minimum atomic E-state index is -0.321. The van der Waals surface area contributed by atoms with Crippen molar-refractivity contribution in [1.29, 1.82) is 0 Å². The molecule has 0 bridgehead atoms. The summed E-state index contributed by atoms with van der Waals surface area (Å²) in [6.45, 7) is -0.117. The molecule has 24 heavy (non-hydrogen) atoms. The normalized spacial score (nSPS) is 13.0. The number of aliphatic hydroxyl groups is 1. The fraction of sp³-hybridized carbons (Fsp3) is 0.111. The average Bonchev–Trinajstić information content (AvgIpc) is 3.02. The molecule has 2 N–H and O–H groups in total.